The van der Waals surface area contributed by atoms with E-state index in [0.29, 0.717) is 18.2 Å². The zero-order chi connectivity index (χ0) is 25.3. The summed E-state index contributed by atoms with van der Waals surface area (Å²) in [6.07, 6.45) is 5.50. The van der Waals surface area contributed by atoms with Crippen LogP contribution in [-0.4, -0.2) is 29.2 Å². The number of ether oxygens (including phenoxy) is 2. The van der Waals surface area contributed by atoms with Crippen molar-refractivity contribution < 1.29 is 22.6 Å². The van der Waals surface area contributed by atoms with Gasteiger partial charge in [-0.05, 0) is 67.9 Å². The lowest BCUT2D eigenvalue weighted by molar-refractivity contribution is -0.274. The van der Waals surface area contributed by atoms with Crippen LogP contribution in [0.2, 0.25) is 0 Å². The molecule has 1 aliphatic heterocycles. The van der Waals surface area contributed by atoms with Crippen LogP contribution in [0.15, 0.2) is 18.2 Å². The van der Waals surface area contributed by atoms with Gasteiger partial charge in [-0.2, -0.15) is 0 Å². The van der Waals surface area contributed by atoms with Crippen molar-refractivity contribution in [3.05, 3.63) is 34.9 Å². The minimum Gasteiger partial charge on any atom is -0.406 e. The van der Waals surface area contributed by atoms with Crippen molar-refractivity contribution in [3.8, 4) is 17.0 Å². The first kappa shape index (κ1) is 27.2. The molecule has 1 N–H and O–H groups in total. The second-order valence-electron chi connectivity index (χ2n) is 9.23. The van der Waals surface area contributed by atoms with E-state index in [9.17, 15) is 13.2 Å². The van der Waals surface area contributed by atoms with Gasteiger partial charge in [0.2, 0.25) is 0 Å². The first-order valence-corrected chi connectivity index (χ1v) is 13.0. The minimum absolute atomic E-state index is 0.200. The van der Waals surface area contributed by atoms with Crippen LogP contribution in [0.3, 0.4) is 0 Å². The lowest BCUT2D eigenvalue weighted by Crippen LogP contribution is -2.22. The van der Waals surface area contributed by atoms with E-state index < -0.39 is 6.36 Å². The van der Waals surface area contributed by atoms with Gasteiger partial charge >= 0.3 is 6.36 Å². The zero-order valence-corrected chi connectivity index (χ0v) is 21.1. The summed E-state index contributed by atoms with van der Waals surface area (Å²) in [4.78, 5) is 0. The molecule has 0 radical (unpaired) electrons. The molecule has 1 aromatic heterocycles. The highest BCUT2D eigenvalue weighted by atomic mass is 19.4. The Bertz CT molecular complexity index is 950. The molecule has 0 aliphatic carbocycles. The lowest BCUT2D eigenvalue weighted by atomic mass is 9.93. The van der Waals surface area contributed by atoms with Gasteiger partial charge in [0.1, 0.15) is 5.75 Å². The van der Waals surface area contributed by atoms with Crippen LogP contribution in [0.1, 0.15) is 88.8 Å². The molecule has 0 saturated carbocycles. The lowest BCUT2D eigenvalue weighted by Gasteiger charge is -2.22. The molecule has 0 bridgehead atoms. The van der Waals surface area contributed by atoms with Gasteiger partial charge in [-0.15, -0.1) is 23.4 Å². The average Bonchev–Trinajstić information content (AvgIpc) is 2.90. The Hall–Kier alpha value is -2.35. The summed E-state index contributed by atoms with van der Waals surface area (Å²) in [5.41, 5.74) is 4.41. The standard InChI is InChI=1S/C27H38F3N3O2/c1-4-7-9-11-20(6-3)31-26-24(12-8-5-2)23-13-10-16-34-18-19-17-21(35-27(28,29)30)14-15-22(19)25(23)32-33-26/h14-15,17,20H,4-13,16,18H2,1-3H3,(H,31,33). The van der Waals surface area contributed by atoms with Crippen molar-refractivity contribution in [2.45, 2.75) is 104 Å². The molecule has 0 fully saturated rings. The average molecular weight is 494 g/mol. The molecule has 35 heavy (non-hydrogen) atoms. The quantitative estimate of drug-likeness (QED) is 0.326. The maximum atomic E-state index is 12.8. The number of anilines is 1. The maximum Gasteiger partial charge on any atom is 0.573 e. The molecule has 3 rings (SSSR count). The molecule has 0 spiro atoms. The van der Waals surface area contributed by atoms with Crippen molar-refractivity contribution in [1.29, 1.82) is 0 Å². The van der Waals surface area contributed by atoms with Gasteiger partial charge in [0, 0.05) is 23.8 Å². The summed E-state index contributed by atoms with van der Waals surface area (Å²) in [6, 6.07) is 4.73. The van der Waals surface area contributed by atoms with E-state index in [1.165, 1.54) is 37.0 Å². The van der Waals surface area contributed by atoms with Crippen molar-refractivity contribution in [2.24, 2.45) is 0 Å². The predicted molar refractivity (Wildman–Crippen MR) is 133 cm³/mol. The van der Waals surface area contributed by atoms with Crippen LogP contribution < -0.4 is 10.1 Å². The van der Waals surface area contributed by atoms with Crippen LogP contribution in [0, 0.1) is 0 Å². The van der Waals surface area contributed by atoms with E-state index in [-0.39, 0.29) is 12.4 Å². The fourth-order valence-electron chi connectivity index (χ4n) is 4.59. The predicted octanol–water partition coefficient (Wildman–Crippen LogP) is 7.62. The summed E-state index contributed by atoms with van der Waals surface area (Å²) >= 11 is 0. The molecule has 0 amide bonds. The number of halogens is 3. The van der Waals surface area contributed by atoms with Crippen molar-refractivity contribution >= 4 is 5.82 Å². The highest BCUT2D eigenvalue weighted by molar-refractivity contribution is 5.71. The zero-order valence-electron chi connectivity index (χ0n) is 21.1. The van der Waals surface area contributed by atoms with Crippen LogP contribution in [0.25, 0.3) is 11.3 Å². The third kappa shape index (κ3) is 7.82. The summed E-state index contributed by atoms with van der Waals surface area (Å²) in [5, 5.41) is 12.9. The van der Waals surface area contributed by atoms with Crippen LogP contribution in [-0.2, 0) is 24.2 Å². The first-order valence-electron chi connectivity index (χ1n) is 13.0. The van der Waals surface area contributed by atoms with E-state index in [0.717, 1.165) is 67.6 Å². The van der Waals surface area contributed by atoms with Gasteiger partial charge < -0.3 is 14.8 Å². The summed E-state index contributed by atoms with van der Waals surface area (Å²) in [7, 11) is 0. The van der Waals surface area contributed by atoms with Gasteiger partial charge in [0.05, 0.1) is 12.3 Å². The van der Waals surface area contributed by atoms with Gasteiger partial charge in [-0.25, -0.2) is 0 Å². The van der Waals surface area contributed by atoms with Crippen LogP contribution in [0.5, 0.6) is 5.75 Å². The van der Waals surface area contributed by atoms with E-state index in [1.807, 2.05) is 0 Å². The molecule has 2 heterocycles. The molecule has 1 unspecified atom stereocenters. The second-order valence-corrected chi connectivity index (χ2v) is 9.23. The maximum absolute atomic E-state index is 12.8. The Balaban J connectivity index is 2.03. The Morgan fingerprint density at radius 1 is 1.09 bits per heavy atom. The molecular weight excluding hydrogens is 455 g/mol. The molecule has 194 valence electrons. The largest absolute Gasteiger partial charge is 0.573 e. The summed E-state index contributed by atoms with van der Waals surface area (Å²) in [6.45, 7) is 7.29. The van der Waals surface area contributed by atoms with Crippen molar-refractivity contribution in [1.82, 2.24) is 10.2 Å². The number of benzene rings is 1. The number of hydrogen-bond acceptors (Lipinski definition) is 5. The molecule has 1 aromatic carbocycles. The monoisotopic (exact) mass is 493 g/mol. The third-order valence-electron chi connectivity index (χ3n) is 6.49. The number of unbranched alkanes of at least 4 members (excludes halogenated alkanes) is 3. The molecule has 1 aliphatic rings. The fourth-order valence-corrected chi connectivity index (χ4v) is 4.59. The van der Waals surface area contributed by atoms with Crippen molar-refractivity contribution in [2.75, 3.05) is 11.9 Å². The van der Waals surface area contributed by atoms with Gasteiger partial charge in [-0.3, -0.25) is 0 Å². The molecule has 1 atom stereocenters. The number of rotatable bonds is 11. The van der Waals surface area contributed by atoms with Crippen molar-refractivity contribution in [3.63, 3.8) is 0 Å². The van der Waals surface area contributed by atoms with E-state index in [4.69, 9.17) is 4.74 Å². The first-order chi connectivity index (χ1) is 16.9. The fraction of sp³-hybridized carbons (Fsp3) is 0.630. The molecular formula is C27H38F3N3O2. The second kappa shape index (κ2) is 13.1. The number of nitrogens with one attached hydrogen (secondary N) is 1. The smallest absolute Gasteiger partial charge is 0.406 e. The third-order valence-corrected chi connectivity index (χ3v) is 6.49. The SMILES string of the molecule is CCCCCC(CC)Nc1nnc2c(c1CCCC)CCCOCc1cc(OC(F)(F)F)ccc1-2. The van der Waals surface area contributed by atoms with Gasteiger partial charge in [0.25, 0.3) is 0 Å². The van der Waals surface area contributed by atoms with Gasteiger partial charge in [-0.1, -0.05) is 46.5 Å². The molecule has 0 saturated heterocycles. The molecule has 8 heteroatoms. The number of nitrogens with zero attached hydrogens (tertiary/aromatic N) is 2. The van der Waals surface area contributed by atoms with Crippen LogP contribution in [0.4, 0.5) is 19.0 Å². The highest BCUT2D eigenvalue weighted by Gasteiger charge is 2.31. The Morgan fingerprint density at radius 2 is 1.89 bits per heavy atom. The van der Waals surface area contributed by atoms with E-state index in [1.54, 1.807) is 6.07 Å². The highest BCUT2D eigenvalue weighted by Crippen LogP contribution is 2.36. The van der Waals surface area contributed by atoms with E-state index in [2.05, 4.69) is 41.0 Å². The van der Waals surface area contributed by atoms with E-state index >= 15 is 0 Å². The number of hydrogen-bond donors (Lipinski definition) is 1. The minimum atomic E-state index is -4.74. The summed E-state index contributed by atoms with van der Waals surface area (Å²) < 4.78 is 48.3. The number of aromatic nitrogens is 2. The number of fused-ring (bicyclic) bond motifs is 3. The molecule has 5 nitrogen and oxygen atoms in total. The number of alkyl halides is 3. The Kier molecular flexibility index (Phi) is 10.2. The summed E-state index contributed by atoms with van der Waals surface area (Å²) in [5.74, 6) is 0.593. The normalized spacial score (nSPS) is 14.8. The van der Waals surface area contributed by atoms with Gasteiger partial charge in [0.15, 0.2) is 5.82 Å². The Labute approximate surface area is 206 Å². The Morgan fingerprint density at radius 3 is 2.60 bits per heavy atom. The van der Waals surface area contributed by atoms with Crippen LogP contribution >= 0.6 is 0 Å². The molecule has 2 aromatic rings. The topological polar surface area (TPSA) is 56.3 Å².